The van der Waals surface area contributed by atoms with Gasteiger partial charge in [-0.15, -0.1) is 0 Å². The van der Waals surface area contributed by atoms with Gasteiger partial charge in [0.25, 0.3) is 0 Å². The first kappa shape index (κ1) is 14.8. The molecule has 0 aliphatic rings. The number of phenols is 2. The maximum atomic E-state index is 9.74. The Kier molecular flexibility index (Phi) is 5.95. The largest absolute Gasteiger partial charge is 0.508 e. The van der Waals surface area contributed by atoms with Crippen LogP contribution in [0.4, 0.5) is 0 Å². The third kappa shape index (κ3) is 4.20. The van der Waals surface area contributed by atoms with Crippen molar-refractivity contribution in [3.8, 4) is 11.5 Å². The van der Waals surface area contributed by atoms with Gasteiger partial charge >= 0.3 is 0 Å². The summed E-state index contributed by atoms with van der Waals surface area (Å²) in [6.45, 7) is 5.03. The Hall–Kier alpha value is -1.26. The van der Waals surface area contributed by atoms with Gasteiger partial charge in [-0.25, -0.2) is 0 Å². The lowest BCUT2D eigenvalue weighted by atomic mass is 10.0. The van der Waals surface area contributed by atoms with E-state index in [1.165, 1.54) is 12.1 Å². The second-order valence-corrected chi connectivity index (χ2v) is 4.66. The molecule has 1 aromatic rings. The van der Waals surface area contributed by atoms with E-state index in [4.69, 9.17) is 5.11 Å². The molecule has 0 radical (unpaired) electrons. The van der Waals surface area contributed by atoms with Gasteiger partial charge in [-0.1, -0.05) is 13.3 Å². The number of nitrogens with one attached hydrogen (secondary N) is 1. The molecule has 0 fully saturated rings. The molecular weight excluding hydrogens is 230 g/mol. The van der Waals surface area contributed by atoms with Crippen molar-refractivity contribution in [1.82, 2.24) is 5.32 Å². The van der Waals surface area contributed by atoms with Gasteiger partial charge in [0.2, 0.25) is 0 Å². The summed E-state index contributed by atoms with van der Waals surface area (Å²) in [4.78, 5) is 0. The standard InChI is InChI=1S/C14H23NO3/c1-3-11(6-7-16)9-15-10(2)13-8-12(17)4-5-14(13)18/h4-5,8,10-11,15-18H,3,6-7,9H2,1-2H3. The van der Waals surface area contributed by atoms with Crippen molar-refractivity contribution in [2.24, 2.45) is 5.92 Å². The average Bonchev–Trinajstić information content (AvgIpc) is 2.37. The molecule has 1 rings (SSSR count). The molecule has 0 saturated heterocycles. The predicted molar refractivity (Wildman–Crippen MR) is 71.7 cm³/mol. The first-order chi connectivity index (χ1) is 8.58. The fourth-order valence-corrected chi connectivity index (χ4v) is 1.98. The molecule has 1 aromatic carbocycles. The molecule has 0 aliphatic carbocycles. The normalized spacial score (nSPS) is 14.4. The molecule has 18 heavy (non-hydrogen) atoms. The van der Waals surface area contributed by atoms with Crippen LogP contribution in [0.3, 0.4) is 0 Å². The number of benzene rings is 1. The number of aliphatic hydroxyl groups excluding tert-OH is 1. The van der Waals surface area contributed by atoms with Gasteiger partial charge in [0.05, 0.1) is 0 Å². The van der Waals surface area contributed by atoms with Crippen LogP contribution in [0, 0.1) is 5.92 Å². The van der Waals surface area contributed by atoms with E-state index < -0.39 is 0 Å². The molecule has 0 aromatic heterocycles. The van der Waals surface area contributed by atoms with Crippen LogP contribution in [0.5, 0.6) is 11.5 Å². The van der Waals surface area contributed by atoms with Gasteiger partial charge in [0, 0.05) is 18.2 Å². The second-order valence-electron chi connectivity index (χ2n) is 4.66. The minimum absolute atomic E-state index is 0.0372. The van der Waals surface area contributed by atoms with Crippen LogP contribution >= 0.6 is 0 Å². The molecule has 0 amide bonds. The van der Waals surface area contributed by atoms with E-state index in [9.17, 15) is 10.2 Å². The highest BCUT2D eigenvalue weighted by atomic mass is 16.3. The Labute approximate surface area is 108 Å². The quantitative estimate of drug-likeness (QED) is 0.562. The zero-order valence-electron chi connectivity index (χ0n) is 11.1. The number of aromatic hydroxyl groups is 2. The highest BCUT2D eigenvalue weighted by Gasteiger charge is 2.13. The smallest absolute Gasteiger partial charge is 0.120 e. The van der Waals surface area contributed by atoms with E-state index in [-0.39, 0.29) is 24.1 Å². The van der Waals surface area contributed by atoms with Crippen LogP contribution < -0.4 is 5.32 Å². The minimum Gasteiger partial charge on any atom is -0.508 e. The maximum Gasteiger partial charge on any atom is 0.120 e. The summed E-state index contributed by atoms with van der Waals surface area (Å²) in [6.07, 6.45) is 1.79. The third-order valence-corrected chi connectivity index (χ3v) is 3.31. The molecule has 2 unspecified atom stereocenters. The second kappa shape index (κ2) is 7.24. The van der Waals surface area contributed by atoms with Crippen molar-refractivity contribution in [2.45, 2.75) is 32.7 Å². The van der Waals surface area contributed by atoms with E-state index in [1.807, 2.05) is 6.92 Å². The van der Waals surface area contributed by atoms with Crippen molar-refractivity contribution in [3.05, 3.63) is 23.8 Å². The van der Waals surface area contributed by atoms with E-state index in [2.05, 4.69) is 12.2 Å². The molecule has 4 heteroatoms. The molecule has 0 aliphatic heterocycles. The third-order valence-electron chi connectivity index (χ3n) is 3.31. The average molecular weight is 253 g/mol. The molecule has 4 N–H and O–H groups in total. The Bertz CT molecular complexity index is 368. The summed E-state index contributed by atoms with van der Waals surface area (Å²) in [5.74, 6) is 0.763. The van der Waals surface area contributed by atoms with Crippen LogP contribution in [0.25, 0.3) is 0 Å². The maximum absolute atomic E-state index is 9.74. The topological polar surface area (TPSA) is 72.7 Å². The summed E-state index contributed by atoms with van der Waals surface area (Å²) in [5, 5.41) is 31.4. The molecule has 2 atom stereocenters. The first-order valence-electron chi connectivity index (χ1n) is 6.44. The van der Waals surface area contributed by atoms with Gasteiger partial charge in [-0.2, -0.15) is 0 Å². The summed E-state index contributed by atoms with van der Waals surface area (Å²) in [5.41, 5.74) is 0.689. The van der Waals surface area contributed by atoms with Gasteiger partial charge in [-0.05, 0) is 44.0 Å². The SMILES string of the molecule is CCC(CCO)CNC(C)c1cc(O)ccc1O. The number of hydrogen-bond donors (Lipinski definition) is 4. The molecule has 0 bridgehead atoms. The lowest BCUT2D eigenvalue weighted by Gasteiger charge is -2.20. The number of rotatable bonds is 7. The number of hydrogen-bond acceptors (Lipinski definition) is 4. The predicted octanol–water partition coefficient (Wildman–Crippen LogP) is 2.16. The lowest BCUT2D eigenvalue weighted by molar-refractivity contribution is 0.249. The monoisotopic (exact) mass is 253 g/mol. The fraction of sp³-hybridized carbons (Fsp3) is 0.571. The van der Waals surface area contributed by atoms with Crippen LogP contribution in [-0.4, -0.2) is 28.5 Å². The van der Waals surface area contributed by atoms with Crippen LogP contribution in [0.15, 0.2) is 18.2 Å². The van der Waals surface area contributed by atoms with E-state index in [0.29, 0.717) is 11.5 Å². The van der Waals surface area contributed by atoms with Crippen molar-refractivity contribution in [2.75, 3.05) is 13.2 Å². The van der Waals surface area contributed by atoms with Gasteiger partial charge in [0.15, 0.2) is 0 Å². The Morgan fingerprint density at radius 3 is 2.61 bits per heavy atom. The van der Waals surface area contributed by atoms with Crippen LogP contribution in [0.2, 0.25) is 0 Å². The van der Waals surface area contributed by atoms with Crippen molar-refractivity contribution < 1.29 is 15.3 Å². The zero-order valence-corrected chi connectivity index (χ0v) is 11.1. The molecule has 0 saturated carbocycles. The fourth-order valence-electron chi connectivity index (χ4n) is 1.98. The van der Waals surface area contributed by atoms with Gasteiger partial charge in [0.1, 0.15) is 11.5 Å². The number of aliphatic hydroxyl groups is 1. The highest BCUT2D eigenvalue weighted by Crippen LogP contribution is 2.27. The van der Waals surface area contributed by atoms with Crippen molar-refractivity contribution >= 4 is 0 Å². The Morgan fingerprint density at radius 1 is 1.28 bits per heavy atom. The van der Waals surface area contributed by atoms with E-state index in [0.717, 1.165) is 19.4 Å². The lowest BCUT2D eigenvalue weighted by Crippen LogP contribution is -2.26. The summed E-state index contributed by atoms with van der Waals surface area (Å²) in [7, 11) is 0. The zero-order chi connectivity index (χ0) is 13.5. The van der Waals surface area contributed by atoms with Gasteiger partial charge < -0.3 is 20.6 Å². The summed E-state index contributed by atoms with van der Waals surface area (Å²) < 4.78 is 0. The van der Waals surface area contributed by atoms with E-state index >= 15 is 0 Å². The van der Waals surface area contributed by atoms with Crippen LogP contribution in [-0.2, 0) is 0 Å². The summed E-state index contributed by atoms with van der Waals surface area (Å²) >= 11 is 0. The summed E-state index contributed by atoms with van der Waals surface area (Å²) in [6, 6.07) is 4.49. The van der Waals surface area contributed by atoms with Crippen LogP contribution in [0.1, 0.15) is 38.3 Å². The molecule has 4 nitrogen and oxygen atoms in total. The molecule has 0 spiro atoms. The van der Waals surface area contributed by atoms with E-state index in [1.54, 1.807) is 6.07 Å². The molecular formula is C14H23NO3. The minimum atomic E-state index is -0.0372. The number of phenolic OH excluding ortho intramolecular Hbond substituents is 2. The van der Waals surface area contributed by atoms with Crippen molar-refractivity contribution in [1.29, 1.82) is 0 Å². The van der Waals surface area contributed by atoms with Gasteiger partial charge in [-0.3, -0.25) is 0 Å². The Balaban J connectivity index is 2.59. The Morgan fingerprint density at radius 2 is 2.00 bits per heavy atom. The van der Waals surface area contributed by atoms with Crippen molar-refractivity contribution in [3.63, 3.8) is 0 Å². The molecule has 0 heterocycles. The first-order valence-corrected chi connectivity index (χ1v) is 6.44. The molecule has 102 valence electrons. The highest BCUT2D eigenvalue weighted by molar-refractivity contribution is 5.40.